The van der Waals surface area contributed by atoms with Crippen LogP contribution in [0, 0.1) is 25.5 Å². The summed E-state index contributed by atoms with van der Waals surface area (Å²) in [6.07, 6.45) is 0. The van der Waals surface area contributed by atoms with Gasteiger partial charge in [0.2, 0.25) is 5.91 Å². The van der Waals surface area contributed by atoms with Crippen LogP contribution in [0.25, 0.3) is 5.69 Å². The third kappa shape index (κ3) is 4.33. The van der Waals surface area contributed by atoms with Crippen LogP contribution in [0.5, 0.6) is 0 Å². The fourth-order valence-corrected chi connectivity index (χ4v) is 3.44. The summed E-state index contributed by atoms with van der Waals surface area (Å²) in [7, 11) is 0. The molecule has 1 aromatic heterocycles. The van der Waals surface area contributed by atoms with Crippen LogP contribution in [-0.4, -0.2) is 25.9 Å². The fourth-order valence-electron chi connectivity index (χ4n) is 2.52. The summed E-state index contributed by atoms with van der Waals surface area (Å²) in [6.45, 7) is 5.48. The van der Waals surface area contributed by atoms with Gasteiger partial charge in [0.05, 0.1) is 10.9 Å². The molecule has 27 heavy (non-hydrogen) atoms. The van der Waals surface area contributed by atoms with Crippen molar-refractivity contribution in [1.82, 2.24) is 14.8 Å². The fraction of sp³-hybridized carbons (Fsp3) is 0.211. The molecule has 1 heterocycles. The lowest BCUT2D eigenvalue weighted by atomic mass is 10.2. The molecular formula is C19H18F2N4OS. The van der Waals surface area contributed by atoms with Gasteiger partial charge in [0.1, 0.15) is 17.5 Å². The molecule has 0 aliphatic carbocycles. The second-order valence-corrected chi connectivity index (χ2v) is 7.39. The predicted molar refractivity (Wildman–Crippen MR) is 101 cm³/mol. The van der Waals surface area contributed by atoms with E-state index in [0.29, 0.717) is 11.0 Å². The highest BCUT2D eigenvalue weighted by atomic mass is 32.2. The number of hydrogen-bond acceptors (Lipinski definition) is 4. The van der Waals surface area contributed by atoms with Gasteiger partial charge in [-0.3, -0.25) is 9.36 Å². The Labute approximate surface area is 159 Å². The van der Waals surface area contributed by atoms with E-state index >= 15 is 0 Å². The lowest BCUT2D eigenvalue weighted by molar-refractivity contribution is -0.115. The first kappa shape index (κ1) is 19.0. The number of carbonyl (C=O) groups is 1. The van der Waals surface area contributed by atoms with Gasteiger partial charge in [-0.05, 0) is 50.6 Å². The number of benzene rings is 2. The Morgan fingerprint density at radius 2 is 1.93 bits per heavy atom. The van der Waals surface area contributed by atoms with Gasteiger partial charge in [-0.15, -0.1) is 10.2 Å². The lowest BCUT2D eigenvalue weighted by Crippen LogP contribution is -2.23. The van der Waals surface area contributed by atoms with Crippen molar-refractivity contribution in [3.8, 4) is 5.69 Å². The average molecular weight is 388 g/mol. The number of carbonyl (C=O) groups excluding carboxylic acids is 1. The van der Waals surface area contributed by atoms with Crippen molar-refractivity contribution in [2.45, 2.75) is 31.2 Å². The zero-order valence-electron chi connectivity index (χ0n) is 15.0. The number of rotatable bonds is 5. The minimum Gasteiger partial charge on any atom is -0.323 e. The Morgan fingerprint density at radius 1 is 1.15 bits per heavy atom. The zero-order chi connectivity index (χ0) is 19.6. The molecule has 8 heteroatoms. The second kappa shape index (κ2) is 7.87. The van der Waals surface area contributed by atoms with E-state index in [1.54, 1.807) is 6.92 Å². The molecule has 0 bridgehead atoms. The maximum atomic E-state index is 13.7. The van der Waals surface area contributed by atoms with E-state index in [1.807, 2.05) is 42.7 Å². The van der Waals surface area contributed by atoms with Crippen LogP contribution < -0.4 is 5.32 Å². The molecular weight excluding hydrogens is 370 g/mol. The Hall–Kier alpha value is -2.74. The molecule has 0 aliphatic rings. The van der Waals surface area contributed by atoms with Crippen LogP contribution in [0.4, 0.5) is 14.5 Å². The quantitative estimate of drug-likeness (QED) is 0.663. The standard InChI is InChI=1S/C19H18F2N4OS/c1-11-5-4-6-15(9-11)25-13(3)23-24-19(25)27-12(2)18(26)22-17-10-14(20)7-8-16(17)21/h4-10,12H,1-3H3,(H,22,26). The Morgan fingerprint density at radius 3 is 2.67 bits per heavy atom. The molecule has 0 saturated heterocycles. The summed E-state index contributed by atoms with van der Waals surface area (Å²) in [5.74, 6) is -1.09. The van der Waals surface area contributed by atoms with Crippen molar-refractivity contribution in [3.05, 3.63) is 65.5 Å². The van der Waals surface area contributed by atoms with Crippen molar-refractivity contribution in [2.75, 3.05) is 5.32 Å². The first-order valence-corrected chi connectivity index (χ1v) is 9.15. The molecule has 0 radical (unpaired) electrons. The normalized spacial score (nSPS) is 12.0. The van der Waals surface area contributed by atoms with Gasteiger partial charge in [-0.2, -0.15) is 0 Å². The van der Waals surface area contributed by atoms with E-state index in [0.717, 1.165) is 29.4 Å². The van der Waals surface area contributed by atoms with Gasteiger partial charge in [0.15, 0.2) is 5.16 Å². The van der Waals surface area contributed by atoms with Gasteiger partial charge >= 0.3 is 0 Å². The van der Waals surface area contributed by atoms with Crippen LogP contribution >= 0.6 is 11.8 Å². The molecule has 0 saturated carbocycles. The maximum Gasteiger partial charge on any atom is 0.237 e. The molecule has 1 atom stereocenters. The summed E-state index contributed by atoms with van der Waals surface area (Å²) in [6, 6.07) is 10.8. The SMILES string of the molecule is Cc1cccc(-n2c(C)nnc2SC(C)C(=O)Nc2cc(F)ccc2F)c1. The number of thioether (sulfide) groups is 1. The topological polar surface area (TPSA) is 59.8 Å². The molecule has 2 aromatic carbocycles. The van der Waals surface area contributed by atoms with Crippen LogP contribution in [0.2, 0.25) is 0 Å². The minimum atomic E-state index is -0.694. The monoisotopic (exact) mass is 388 g/mol. The van der Waals surface area contributed by atoms with Crippen LogP contribution in [0.3, 0.4) is 0 Å². The zero-order valence-corrected chi connectivity index (χ0v) is 15.8. The van der Waals surface area contributed by atoms with Gasteiger partial charge in [0, 0.05) is 11.8 Å². The van der Waals surface area contributed by atoms with Gasteiger partial charge < -0.3 is 5.32 Å². The highest BCUT2D eigenvalue weighted by Gasteiger charge is 2.21. The van der Waals surface area contributed by atoms with Crippen molar-refractivity contribution < 1.29 is 13.6 Å². The van der Waals surface area contributed by atoms with Crippen LogP contribution in [0.15, 0.2) is 47.6 Å². The van der Waals surface area contributed by atoms with E-state index in [4.69, 9.17) is 0 Å². The molecule has 140 valence electrons. The van der Waals surface area contributed by atoms with E-state index in [-0.39, 0.29) is 5.69 Å². The molecule has 1 amide bonds. The molecule has 0 aliphatic heterocycles. The molecule has 5 nitrogen and oxygen atoms in total. The number of nitrogens with one attached hydrogen (secondary N) is 1. The van der Waals surface area contributed by atoms with Gasteiger partial charge in [-0.1, -0.05) is 23.9 Å². The summed E-state index contributed by atoms with van der Waals surface area (Å²) in [5.41, 5.74) is 1.79. The predicted octanol–water partition coefficient (Wildman–Crippen LogP) is 4.28. The van der Waals surface area contributed by atoms with Crippen molar-refractivity contribution >= 4 is 23.4 Å². The van der Waals surface area contributed by atoms with Crippen LogP contribution in [-0.2, 0) is 4.79 Å². The van der Waals surface area contributed by atoms with Crippen molar-refractivity contribution in [2.24, 2.45) is 0 Å². The first-order valence-electron chi connectivity index (χ1n) is 8.27. The number of aryl methyl sites for hydroxylation is 2. The van der Waals surface area contributed by atoms with Crippen LogP contribution in [0.1, 0.15) is 18.3 Å². The molecule has 0 fully saturated rings. The largest absolute Gasteiger partial charge is 0.323 e. The maximum absolute atomic E-state index is 13.7. The molecule has 1 unspecified atom stereocenters. The summed E-state index contributed by atoms with van der Waals surface area (Å²) < 4.78 is 28.9. The molecule has 0 spiro atoms. The van der Waals surface area contributed by atoms with Gasteiger partial charge in [-0.25, -0.2) is 8.78 Å². The van der Waals surface area contributed by atoms with E-state index in [9.17, 15) is 13.6 Å². The van der Waals surface area contributed by atoms with E-state index in [2.05, 4.69) is 15.5 Å². The van der Waals surface area contributed by atoms with Crippen molar-refractivity contribution in [3.63, 3.8) is 0 Å². The molecule has 1 N–H and O–H groups in total. The smallest absolute Gasteiger partial charge is 0.237 e. The lowest BCUT2D eigenvalue weighted by Gasteiger charge is -2.14. The molecule has 3 rings (SSSR count). The number of hydrogen-bond donors (Lipinski definition) is 1. The van der Waals surface area contributed by atoms with E-state index < -0.39 is 22.8 Å². The first-order chi connectivity index (χ1) is 12.8. The van der Waals surface area contributed by atoms with E-state index in [1.165, 1.54) is 11.8 Å². The highest BCUT2D eigenvalue weighted by Crippen LogP contribution is 2.27. The molecule has 3 aromatic rings. The Balaban J connectivity index is 1.79. The third-order valence-corrected chi connectivity index (χ3v) is 4.94. The number of anilines is 1. The summed E-state index contributed by atoms with van der Waals surface area (Å²) >= 11 is 1.19. The average Bonchev–Trinajstić information content (AvgIpc) is 2.98. The summed E-state index contributed by atoms with van der Waals surface area (Å²) in [4.78, 5) is 12.4. The second-order valence-electron chi connectivity index (χ2n) is 6.08. The third-order valence-electron chi connectivity index (χ3n) is 3.89. The Kier molecular flexibility index (Phi) is 5.55. The van der Waals surface area contributed by atoms with Gasteiger partial charge in [0.25, 0.3) is 0 Å². The Bertz CT molecular complexity index is 990. The number of halogens is 2. The highest BCUT2D eigenvalue weighted by molar-refractivity contribution is 8.00. The number of amides is 1. The van der Waals surface area contributed by atoms with Crippen molar-refractivity contribution in [1.29, 1.82) is 0 Å². The summed E-state index contributed by atoms with van der Waals surface area (Å²) in [5, 5.41) is 10.6. The number of nitrogens with zero attached hydrogens (tertiary/aromatic N) is 3. The minimum absolute atomic E-state index is 0.191. The number of aromatic nitrogens is 3.